The third-order valence-electron chi connectivity index (χ3n) is 4.85. The summed E-state index contributed by atoms with van der Waals surface area (Å²) in [6.45, 7) is 2.14. The van der Waals surface area contributed by atoms with Gasteiger partial charge in [-0.05, 0) is 43.9 Å². The molecule has 2 rings (SSSR count). The molecule has 0 aliphatic carbocycles. The normalized spacial score (nSPS) is 13.7. The zero-order valence-corrected chi connectivity index (χ0v) is 17.4. The van der Waals surface area contributed by atoms with Crippen LogP contribution in [0, 0.1) is 0 Å². The van der Waals surface area contributed by atoms with Gasteiger partial charge in [-0.3, -0.25) is 4.79 Å². The molecule has 0 aliphatic heterocycles. The summed E-state index contributed by atoms with van der Waals surface area (Å²) < 4.78 is 4.65. The molecule has 0 saturated carbocycles. The number of methoxy groups -OCH3 is 1. The van der Waals surface area contributed by atoms with Crippen molar-refractivity contribution in [1.82, 2.24) is 9.97 Å². The standard InChI is InChI=1S/C23H32N2O4/c1-3-4-5-10-17(26)11-8-14-20-23(21(27)15-9-16-22(28)29-2)25-19-13-7-6-12-18(19)24-20/h6-8,12-14,17,21,26-27H,3-5,9-11,15-16H2,1-2H3/b14-8+. The quantitative estimate of drug-likeness (QED) is 0.406. The van der Waals surface area contributed by atoms with E-state index in [1.54, 1.807) is 0 Å². The van der Waals surface area contributed by atoms with E-state index >= 15 is 0 Å². The van der Waals surface area contributed by atoms with Gasteiger partial charge in [0.15, 0.2) is 0 Å². The lowest BCUT2D eigenvalue weighted by molar-refractivity contribution is -0.140. The highest BCUT2D eigenvalue weighted by atomic mass is 16.5. The van der Waals surface area contributed by atoms with E-state index in [0.29, 0.717) is 36.2 Å². The molecule has 2 atom stereocenters. The minimum Gasteiger partial charge on any atom is -0.469 e. The van der Waals surface area contributed by atoms with E-state index in [1.165, 1.54) is 7.11 Å². The summed E-state index contributed by atoms with van der Waals surface area (Å²) in [7, 11) is 1.35. The highest BCUT2D eigenvalue weighted by Gasteiger charge is 2.16. The molecular weight excluding hydrogens is 368 g/mol. The number of unbranched alkanes of at least 4 members (excludes halogenated alkanes) is 2. The van der Waals surface area contributed by atoms with Crippen molar-refractivity contribution in [3.05, 3.63) is 41.7 Å². The fourth-order valence-corrected chi connectivity index (χ4v) is 3.16. The van der Waals surface area contributed by atoms with Crippen LogP contribution in [0.2, 0.25) is 0 Å². The molecule has 0 bridgehead atoms. The van der Waals surface area contributed by atoms with Crippen molar-refractivity contribution >= 4 is 23.1 Å². The molecule has 2 aromatic rings. The van der Waals surface area contributed by atoms with Gasteiger partial charge in [-0.1, -0.05) is 44.4 Å². The number of benzene rings is 1. The number of aliphatic hydroxyl groups excluding tert-OH is 2. The fraction of sp³-hybridized carbons (Fsp3) is 0.522. The fourth-order valence-electron chi connectivity index (χ4n) is 3.16. The first-order valence-corrected chi connectivity index (χ1v) is 10.4. The van der Waals surface area contributed by atoms with E-state index in [4.69, 9.17) is 0 Å². The highest BCUT2D eigenvalue weighted by molar-refractivity contribution is 5.75. The summed E-state index contributed by atoms with van der Waals surface area (Å²) in [5.41, 5.74) is 2.55. The second-order valence-electron chi connectivity index (χ2n) is 7.25. The Kier molecular flexibility index (Phi) is 9.74. The van der Waals surface area contributed by atoms with Gasteiger partial charge in [0.2, 0.25) is 0 Å². The van der Waals surface area contributed by atoms with Gasteiger partial charge in [0.1, 0.15) is 0 Å². The molecule has 6 nitrogen and oxygen atoms in total. The summed E-state index contributed by atoms with van der Waals surface area (Å²) in [6.07, 6.45) is 8.25. The molecule has 0 saturated heterocycles. The number of carbonyl (C=O) groups is 1. The number of carbonyl (C=O) groups excluding carboxylic acids is 1. The number of fused-ring (bicyclic) bond motifs is 1. The van der Waals surface area contributed by atoms with Crippen LogP contribution in [0.5, 0.6) is 0 Å². The average Bonchev–Trinajstić information content (AvgIpc) is 2.73. The minimum atomic E-state index is -0.828. The summed E-state index contributed by atoms with van der Waals surface area (Å²) >= 11 is 0. The van der Waals surface area contributed by atoms with E-state index in [2.05, 4.69) is 21.6 Å². The van der Waals surface area contributed by atoms with Crippen molar-refractivity contribution in [2.24, 2.45) is 0 Å². The number of hydrogen-bond donors (Lipinski definition) is 2. The van der Waals surface area contributed by atoms with Gasteiger partial charge >= 0.3 is 5.97 Å². The first-order chi connectivity index (χ1) is 14.0. The van der Waals surface area contributed by atoms with Crippen molar-refractivity contribution in [1.29, 1.82) is 0 Å². The maximum Gasteiger partial charge on any atom is 0.305 e. The van der Waals surface area contributed by atoms with Crippen LogP contribution in [0.1, 0.15) is 75.8 Å². The number of rotatable bonds is 12. The van der Waals surface area contributed by atoms with E-state index in [1.807, 2.05) is 36.4 Å². The maximum absolute atomic E-state index is 11.3. The van der Waals surface area contributed by atoms with E-state index in [9.17, 15) is 15.0 Å². The lowest BCUT2D eigenvalue weighted by Gasteiger charge is -2.13. The molecular formula is C23H32N2O4. The molecule has 1 aromatic heterocycles. The Morgan fingerprint density at radius 2 is 1.83 bits per heavy atom. The Morgan fingerprint density at radius 1 is 1.10 bits per heavy atom. The summed E-state index contributed by atoms with van der Waals surface area (Å²) in [5.74, 6) is -0.293. The van der Waals surface area contributed by atoms with Gasteiger partial charge in [0, 0.05) is 6.42 Å². The van der Waals surface area contributed by atoms with Crippen molar-refractivity contribution in [3.63, 3.8) is 0 Å². The molecule has 6 heteroatoms. The SMILES string of the molecule is CCCCCC(O)C/C=C/c1nc2ccccc2nc1C(O)CCCC(=O)OC. The van der Waals surface area contributed by atoms with Crippen molar-refractivity contribution < 1.29 is 19.7 Å². The van der Waals surface area contributed by atoms with Crippen LogP contribution >= 0.6 is 0 Å². The highest BCUT2D eigenvalue weighted by Crippen LogP contribution is 2.24. The van der Waals surface area contributed by atoms with E-state index < -0.39 is 6.10 Å². The molecule has 0 fully saturated rings. The topological polar surface area (TPSA) is 92.5 Å². The Labute approximate surface area is 172 Å². The zero-order chi connectivity index (χ0) is 21.1. The Bertz CT molecular complexity index is 807. The summed E-state index contributed by atoms with van der Waals surface area (Å²) in [6, 6.07) is 7.52. The molecule has 158 valence electrons. The largest absolute Gasteiger partial charge is 0.469 e. The van der Waals surface area contributed by atoms with Gasteiger partial charge in [-0.2, -0.15) is 0 Å². The lowest BCUT2D eigenvalue weighted by atomic mass is 10.0. The Hall–Kier alpha value is -2.31. The van der Waals surface area contributed by atoms with Crippen molar-refractivity contribution in [2.45, 2.75) is 70.5 Å². The number of hydrogen-bond acceptors (Lipinski definition) is 6. The number of esters is 1. The van der Waals surface area contributed by atoms with Gasteiger partial charge in [-0.25, -0.2) is 9.97 Å². The molecule has 2 unspecified atom stereocenters. The van der Waals surface area contributed by atoms with Crippen molar-refractivity contribution in [3.8, 4) is 0 Å². The van der Waals surface area contributed by atoms with Gasteiger partial charge in [-0.15, -0.1) is 0 Å². The third-order valence-corrected chi connectivity index (χ3v) is 4.85. The third kappa shape index (κ3) is 7.55. The Balaban J connectivity index is 2.12. The van der Waals surface area contributed by atoms with Gasteiger partial charge in [0.25, 0.3) is 0 Å². The first kappa shape index (κ1) is 23.0. The van der Waals surface area contributed by atoms with Crippen LogP contribution in [0.25, 0.3) is 17.1 Å². The van der Waals surface area contributed by atoms with Gasteiger partial charge in [0.05, 0.1) is 41.7 Å². The second kappa shape index (κ2) is 12.3. The van der Waals surface area contributed by atoms with E-state index in [0.717, 1.165) is 31.2 Å². The summed E-state index contributed by atoms with van der Waals surface area (Å²) in [5, 5.41) is 20.8. The molecule has 0 amide bonds. The molecule has 29 heavy (non-hydrogen) atoms. The summed E-state index contributed by atoms with van der Waals surface area (Å²) in [4.78, 5) is 20.6. The minimum absolute atomic E-state index is 0.254. The predicted octanol–water partition coefficient (Wildman–Crippen LogP) is 4.35. The molecule has 0 radical (unpaired) electrons. The smallest absolute Gasteiger partial charge is 0.305 e. The Morgan fingerprint density at radius 3 is 2.52 bits per heavy atom. The van der Waals surface area contributed by atoms with Crippen LogP contribution in [0.3, 0.4) is 0 Å². The van der Waals surface area contributed by atoms with E-state index in [-0.39, 0.29) is 18.5 Å². The van der Waals surface area contributed by atoms with Crippen LogP contribution in [0.15, 0.2) is 30.3 Å². The average molecular weight is 401 g/mol. The van der Waals surface area contributed by atoms with Crippen molar-refractivity contribution in [2.75, 3.05) is 7.11 Å². The number of aliphatic hydroxyl groups is 2. The molecule has 0 spiro atoms. The lowest BCUT2D eigenvalue weighted by Crippen LogP contribution is -2.08. The number of aromatic nitrogens is 2. The number of ether oxygens (including phenoxy) is 1. The second-order valence-corrected chi connectivity index (χ2v) is 7.25. The monoisotopic (exact) mass is 400 g/mol. The first-order valence-electron chi connectivity index (χ1n) is 10.4. The number of para-hydroxylation sites is 2. The number of nitrogens with zero attached hydrogens (tertiary/aromatic N) is 2. The maximum atomic E-state index is 11.3. The molecule has 1 heterocycles. The molecule has 0 aliphatic rings. The predicted molar refractivity (Wildman–Crippen MR) is 114 cm³/mol. The van der Waals surface area contributed by atoms with Crippen LogP contribution < -0.4 is 0 Å². The van der Waals surface area contributed by atoms with Crippen LogP contribution in [-0.4, -0.2) is 39.4 Å². The molecule has 2 N–H and O–H groups in total. The zero-order valence-electron chi connectivity index (χ0n) is 17.4. The molecule has 1 aromatic carbocycles. The van der Waals surface area contributed by atoms with Crippen LogP contribution in [-0.2, 0) is 9.53 Å². The van der Waals surface area contributed by atoms with Crippen LogP contribution in [0.4, 0.5) is 0 Å². The van der Waals surface area contributed by atoms with Gasteiger partial charge < -0.3 is 14.9 Å².